The fourth-order valence-electron chi connectivity index (χ4n) is 6.62. The second kappa shape index (κ2) is 12.5. The van der Waals surface area contributed by atoms with E-state index < -0.39 is 51.5 Å². The number of aliphatic carboxylic acids is 1. The Kier molecular flexibility index (Phi) is 9.51. The van der Waals surface area contributed by atoms with E-state index in [1.54, 1.807) is 18.7 Å². The summed E-state index contributed by atoms with van der Waals surface area (Å²) >= 11 is 0. The molecular weight excluding hydrogens is 606 g/mol. The Bertz CT molecular complexity index is 1660. The van der Waals surface area contributed by atoms with Crippen LogP contribution in [0.15, 0.2) is 54.7 Å². The Morgan fingerprint density at radius 1 is 1.14 bits per heavy atom. The number of hydrogen-bond acceptors (Lipinski definition) is 6. The Labute approximate surface area is 263 Å². The van der Waals surface area contributed by atoms with Gasteiger partial charge < -0.3 is 26.0 Å². The van der Waals surface area contributed by atoms with E-state index in [-0.39, 0.29) is 24.7 Å². The second-order valence-corrected chi connectivity index (χ2v) is 14.4. The number of sulfonamides is 1. The molecule has 2 atom stereocenters. The summed E-state index contributed by atoms with van der Waals surface area (Å²) in [6.45, 7) is 3.38. The lowest BCUT2D eigenvalue weighted by Gasteiger charge is -2.42. The predicted molar refractivity (Wildman–Crippen MR) is 170 cm³/mol. The number of amides is 2. The fourth-order valence-corrected chi connectivity index (χ4v) is 7.62. The molecule has 3 aromatic rings. The van der Waals surface area contributed by atoms with Gasteiger partial charge in [-0.3, -0.25) is 14.4 Å². The van der Waals surface area contributed by atoms with E-state index in [2.05, 4.69) is 10.3 Å². The van der Waals surface area contributed by atoms with Crippen LogP contribution in [0, 0.1) is 0 Å². The summed E-state index contributed by atoms with van der Waals surface area (Å²) in [7, 11) is -3.81. The monoisotopic (exact) mass is 645 g/mol. The maximum absolute atomic E-state index is 14.0. The Hall–Kier alpha value is -3.45. The van der Waals surface area contributed by atoms with E-state index in [1.807, 2.05) is 54.7 Å². The van der Waals surface area contributed by atoms with Crippen molar-refractivity contribution in [2.75, 3.05) is 25.9 Å². The number of piperidine rings is 1. The third-order valence-corrected chi connectivity index (χ3v) is 10.1. The third kappa shape index (κ3) is 6.63. The number of hydrogen-bond donors (Lipinski definition) is 4. The summed E-state index contributed by atoms with van der Waals surface area (Å²) < 4.78 is 26.4. The van der Waals surface area contributed by atoms with E-state index in [1.165, 1.54) is 0 Å². The second-order valence-electron chi connectivity index (χ2n) is 12.4. The van der Waals surface area contributed by atoms with Gasteiger partial charge >= 0.3 is 5.97 Å². The number of likely N-dealkylation sites (tertiary alicyclic amines) is 1. The van der Waals surface area contributed by atoms with Crippen LogP contribution in [-0.2, 0) is 36.2 Å². The van der Waals surface area contributed by atoms with Crippen molar-refractivity contribution >= 4 is 51.1 Å². The third-order valence-electron chi connectivity index (χ3n) is 8.86. The van der Waals surface area contributed by atoms with Crippen LogP contribution >= 0.6 is 12.4 Å². The van der Waals surface area contributed by atoms with Crippen molar-refractivity contribution in [1.82, 2.24) is 19.5 Å². The first kappa shape index (κ1) is 33.4. The van der Waals surface area contributed by atoms with Gasteiger partial charge in [-0.05, 0) is 55.9 Å². The van der Waals surface area contributed by atoms with Crippen molar-refractivity contribution in [1.29, 1.82) is 0 Å². The van der Waals surface area contributed by atoms with E-state index in [4.69, 9.17) is 5.73 Å². The number of aromatic nitrogens is 1. The van der Waals surface area contributed by atoms with Crippen LogP contribution in [0.1, 0.15) is 55.8 Å². The molecule has 1 fully saturated rings. The molecule has 5 N–H and O–H groups in total. The number of carboxylic acids is 1. The summed E-state index contributed by atoms with van der Waals surface area (Å²) in [6.07, 6.45) is 4.77. The fraction of sp³-hybridized carbons (Fsp3) is 0.452. The van der Waals surface area contributed by atoms with Crippen molar-refractivity contribution in [3.8, 4) is 0 Å². The van der Waals surface area contributed by atoms with Crippen molar-refractivity contribution in [3.05, 3.63) is 71.4 Å². The minimum Gasteiger partial charge on any atom is -0.480 e. The average Bonchev–Trinajstić information content (AvgIpc) is 3.49. The van der Waals surface area contributed by atoms with Gasteiger partial charge in [0.15, 0.2) is 0 Å². The number of halogens is 1. The molecule has 13 heteroatoms. The zero-order valence-corrected chi connectivity index (χ0v) is 26.7. The van der Waals surface area contributed by atoms with Crippen LogP contribution in [0.2, 0.25) is 0 Å². The topological polar surface area (TPSA) is 166 Å². The number of nitrogens with zero attached hydrogens (tertiary/aromatic N) is 2. The number of H-pyrrole nitrogens is 1. The summed E-state index contributed by atoms with van der Waals surface area (Å²) in [5.41, 5.74) is 8.14. The van der Waals surface area contributed by atoms with E-state index in [0.29, 0.717) is 32.4 Å². The number of nitrogens with two attached hydrogens (primary N) is 1. The molecule has 44 heavy (non-hydrogen) atoms. The molecule has 2 aliphatic rings. The van der Waals surface area contributed by atoms with Crippen molar-refractivity contribution in [2.45, 2.75) is 62.6 Å². The van der Waals surface area contributed by atoms with Gasteiger partial charge in [-0.15, -0.1) is 12.4 Å². The molecule has 238 valence electrons. The van der Waals surface area contributed by atoms with Gasteiger partial charge in [0.25, 0.3) is 0 Å². The minimum absolute atomic E-state index is 0. The Balaban J connectivity index is 0.00000442. The van der Waals surface area contributed by atoms with Crippen LogP contribution in [0.4, 0.5) is 0 Å². The summed E-state index contributed by atoms with van der Waals surface area (Å²) in [4.78, 5) is 43.5. The molecule has 0 bridgehead atoms. The smallest absolute Gasteiger partial charge is 0.318 e. The molecule has 0 saturated carbocycles. The molecule has 1 spiro atoms. The van der Waals surface area contributed by atoms with Crippen LogP contribution in [-0.4, -0.2) is 83.0 Å². The van der Waals surface area contributed by atoms with Gasteiger partial charge in [0.1, 0.15) is 12.6 Å². The number of nitrogens with one attached hydrogen (secondary N) is 2. The highest BCUT2D eigenvalue weighted by atomic mass is 35.5. The molecule has 5 rings (SSSR count). The first-order valence-corrected chi connectivity index (χ1v) is 16.3. The van der Waals surface area contributed by atoms with Gasteiger partial charge in [0, 0.05) is 42.0 Å². The van der Waals surface area contributed by atoms with Crippen molar-refractivity contribution in [3.63, 3.8) is 0 Å². The predicted octanol–water partition coefficient (Wildman–Crippen LogP) is 2.71. The number of carboxylic acid groups (broad SMARTS) is 1. The molecule has 2 amide bonds. The van der Waals surface area contributed by atoms with Gasteiger partial charge in [0.05, 0.1) is 17.8 Å². The minimum atomic E-state index is -3.81. The highest BCUT2D eigenvalue weighted by molar-refractivity contribution is 7.88. The number of aromatic amines is 1. The number of para-hydroxylation sites is 1. The van der Waals surface area contributed by atoms with Gasteiger partial charge in [-0.1, -0.05) is 42.5 Å². The van der Waals surface area contributed by atoms with Crippen LogP contribution < -0.4 is 11.1 Å². The largest absolute Gasteiger partial charge is 0.480 e. The molecule has 1 aromatic heterocycles. The quantitative estimate of drug-likeness (QED) is 0.278. The van der Waals surface area contributed by atoms with E-state index in [9.17, 15) is 27.9 Å². The van der Waals surface area contributed by atoms with E-state index in [0.717, 1.165) is 38.2 Å². The summed E-state index contributed by atoms with van der Waals surface area (Å²) in [5, 5.41) is 13.3. The number of fused-ring (bicyclic) bond motifs is 3. The normalized spacial score (nSPS) is 18.6. The maximum atomic E-state index is 14.0. The first-order valence-electron chi connectivity index (χ1n) is 14.4. The molecule has 1 saturated heterocycles. The van der Waals surface area contributed by atoms with Crippen molar-refractivity contribution < 1.29 is 27.9 Å². The van der Waals surface area contributed by atoms with Gasteiger partial charge in [0.2, 0.25) is 21.8 Å². The number of rotatable bonds is 9. The van der Waals surface area contributed by atoms with Crippen LogP contribution in [0.5, 0.6) is 0 Å². The molecule has 2 aromatic carbocycles. The SMILES string of the molecule is CC(C)(N)C(=O)NC(Cc1c[nH]c2ccccc12)C(=O)N1CCC2(CC1)C[C@@H](N(CC(=O)O)S(C)(=O)=O)c1ccccc12.Cl. The zero-order chi connectivity index (χ0) is 31.2. The maximum Gasteiger partial charge on any atom is 0.318 e. The highest BCUT2D eigenvalue weighted by Gasteiger charge is 2.49. The highest BCUT2D eigenvalue weighted by Crippen LogP contribution is 2.53. The lowest BCUT2D eigenvalue weighted by Crippen LogP contribution is -2.58. The molecule has 1 aliphatic carbocycles. The molecule has 1 aliphatic heterocycles. The van der Waals surface area contributed by atoms with E-state index >= 15 is 0 Å². The van der Waals surface area contributed by atoms with Gasteiger partial charge in [-0.2, -0.15) is 4.31 Å². The lowest BCUT2D eigenvalue weighted by atomic mass is 9.73. The first-order chi connectivity index (χ1) is 20.2. The lowest BCUT2D eigenvalue weighted by molar-refractivity contribution is -0.139. The van der Waals surface area contributed by atoms with Crippen LogP contribution in [0.25, 0.3) is 10.9 Å². The zero-order valence-electron chi connectivity index (χ0n) is 25.1. The molecule has 2 heterocycles. The Morgan fingerprint density at radius 2 is 1.77 bits per heavy atom. The number of carbonyl (C=O) groups is 3. The molecule has 1 unspecified atom stereocenters. The van der Waals surface area contributed by atoms with Crippen LogP contribution in [0.3, 0.4) is 0 Å². The van der Waals surface area contributed by atoms with Gasteiger partial charge in [-0.25, -0.2) is 8.42 Å². The summed E-state index contributed by atoms with van der Waals surface area (Å²) in [5.74, 6) is -1.84. The average molecular weight is 646 g/mol. The summed E-state index contributed by atoms with van der Waals surface area (Å²) in [6, 6.07) is 13.9. The number of carbonyl (C=O) groups excluding carboxylic acids is 2. The molecule has 0 radical (unpaired) electrons. The molecular formula is C31H40ClN5O6S. The standard InChI is InChI=1S/C31H39N5O6S.ClH/c1-30(2,32)29(40)34-25(16-20-18-33-24-11-7-5-8-21(20)24)28(39)35-14-12-31(13-15-35)17-26(22-9-4-6-10-23(22)31)36(19-27(37)38)43(3,41)42;/h4-11,18,25-26,33H,12-17,19,32H2,1-3H3,(H,34,40)(H,37,38);1H/t25?,26-;/m1./s1. The van der Waals surface area contributed by atoms with Crippen molar-refractivity contribution in [2.24, 2.45) is 5.73 Å². The Morgan fingerprint density at radius 3 is 2.41 bits per heavy atom. The number of benzene rings is 2. The molecule has 11 nitrogen and oxygen atoms in total.